The fraction of sp³-hybridized carbons (Fsp3) is 0.364. The SMILES string of the molecule is CCCCOc1ccc2c(c1)C1C=CCC1C(c1ccc(O)cc1O)N2. The van der Waals surface area contributed by atoms with Crippen molar-refractivity contribution in [2.45, 2.75) is 38.1 Å². The van der Waals surface area contributed by atoms with E-state index in [2.05, 4.69) is 36.5 Å². The maximum Gasteiger partial charge on any atom is 0.124 e. The predicted molar refractivity (Wildman–Crippen MR) is 103 cm³/mol. The molecule has 4 rings (SSSR count). The van der Waals surface area contributed by atoms with E-state index in [0.717, 1.165) is 42.9 Å². The van der Waals surface area contributed by atoms with Gasteiger partial charge in [0.05, 0.1) is 12.6 Å². The van der Waals surface area contributed by atoms with Gasteiger partial charge >= 0.3 is 0 Å². The first-order valence-corrected chi connectivity index (χ1v) is 9.39. The van der Waals surface area contributed by atoms with E-state index in [-0.39, 0.29) is 17.5 Å². The highest BCUT2D eigenvalue weighted by Crippen LogP contribution is 2.51. The van der Waals surface area contributed by atoms with Crippen molar-refractivity contribution in [1.29, 1.82) is 0 Å². The Kier molecular flexibility index (Phi) is 4.49. The zero-order valence-corrected chi connectivity index (χ0v) is 15.0. The number of phenols is 2. The van der Waals surface area contributed by atoms with Gasteiger partial charge in [-0.3, -0.25) is 0 Å². The molecule has 1 aliphatic heterocycles. The van der Waals surface area contributed by atoms with Gasteiger partial charge in [0.25, 0.3) is 0 Å². The van der Waals surface area contributed by atoms with Crippen LogP contribution in [0, 0.1) is 5.92 Å². The summed E-state index contributed by atoms with van der Waals surface area (Å²) in [7, 11) is 0. The summed E-state index contributed by atoms with van der Waals surface area (Å²) in [4.78, 5) is 0. The quantitative estimate of drug-likeness (QED) is 0.518. The summed E-state index contributed by atoms with van der Waals surface area (Å²) < 4.78 is 5.89. The van der Waals surface area contributed by atoms with Gasteiger partial charge in [-0.2, -0.15) is 0 Å². The van der Waals surface area contributed by atoms with Crippen LogP contribution in [0.2, 0.25) is 0 Å². The number of benzene rings is 2. The van der Waals surface area contributed by atoms with Crippen molar-refractivity contribution < 1.29 is 14.9 Å². The molecule has 4 nitrogen and oxygen atoms in total. The number of hydrogen-bond donors (Lipinski definition) is 3. The third-order valence-corrected chi connectivity index (χ3v) is 5.45. The average molecular weight is 351 g/mol. The number of hydrogen-bond acceptors (Lipinski definition) is 4. The smallest absolute Gasteiger partial charge is 0.124 e. The second kappa shape index (κ2) is 6.94. The van der Waals surface area contributed by atoms with Gasteiger partial charge in [0, 0.05) is 23.2 Å². The Morgan fingerprint density at radius 3 is 2.81 bits per heavy atom. The maximum atomic E-state index is 10.3. The molecule has 1 aliphatic carbocycles. The Morgan fingerprint density at radius 2 is 2.00 bits per heavy atom. The first kappa shape index (κ1) is 16.8. The minimum Gasteiger partial charge on any atom is -0.508 e. The van der Waals surface area contributed by atoms with Gasteiger partial charge in [-0.05, 0) is 54.7 Å². The molecule has 3 atom stereocenters. The van der Waals surface area contributed by atoms with Gasteiger partial charge in [0.1, 0.15) is 17.2 Å². The molecule has 1 heterocycles. The minimum atomic E-state index is 0.00922. The Morgan fingerprint density at radius 1 is 1.12 bits per heavy atom. The largest absolute Gasteiger partial charge is 0.508 e. The molecule has 0 saturated carbocycles. The highest BCUT2D eigenvalue weighted by molar-refractivity contribution is 5.62. The second-order valence-corrected chi connectivity index (χ2v) is 7.17. The van der Waals surface area contributed by atoms with E-state index in [1.54, 1.807) is 6.07 Å². The summed E-state index contributed by atoms with van der Waals surface area (Å²) in [5, 5.41) is 23.5. The molecule has 4 heteroatoms. The van der Waals surface area contributed by atoms with Gasteiger partial charge in [-0.15, -0.1) is 0 Å². The number of phenolic OH excluding ortho intramolecular Hbond substituents is 2. The van der Waals surface area contributed by atoms with Crippen LogP contribution in [0.25, 0.3) is 0 Å². The van der Waals surface area contributed by atoms with Crippen LogP contribution in [0.5, 0.6) is 17.2 Å². The Labute approximate surface area is 154 Å². The Hall–Kier alpha value is -2.62. The molecular formula is C22H25NO3. The van der Waals surface area contributed by atoms with Crippen LogP contribution in [0.4, 0.5) is 5.69 Å². The molecular weight excluding hydrogens is 326 g/mol. The van der Waals surface area contributed by atoms with Crippen molar-refractivity contribution in [2.24, 2.45) is 5.92 Å². The summed E-state index contributed by atoms with van der Waals surface area (Å²) >= 11 is 0. The lowest BCUT2D eigenvalue weighted by atomic mass is 9.77. The molecule has 0 spiro atoms. The number of aromatic hydroxyl groups is 2. The van der Waals surface area contributed by atoms with Crippen LogP contribution in [0.1, 0.15) is 49.3 Å². The lowest BCUT2D eigenvalue weighted by Crippen LogP contribution is -2.29. The van der Waals surface area contributed by atoms with Crippen molar-refractivity contribution in [2.75, 3.05) is 11.9 Å². The third-order valence-electron chi connectivity index (χ3n) is 5.45. The molecule has 0 fully saturated rings. The maximum absolute atomic E-state index is 10.3. The van der Waals surface area contributed by atoms with Gasteiger partial charge in [-0.1, -0.05) is 25.5 Å². The van der Waals surface area contributed by atoms with Crippen molar-refractivity contribution in [1.82, 2.24) is 0 Å². The molecule has 3 unspecified atom stereocenters. The fourth-order valence-electron chi connectivity index (χ4n) is 4.10. The van der Waals surface area contributed by atoms with Crippen molar-refractivity contribution in [3.05, 3.63) is 59.7 Å². The highest BCUT2D eigenvalue weighted by atomic mass is 16.5. The zero-order valence-electron chi connectivity index (χ0n) is 15.0. The Bertz CT molecular complexity index is 830. The van der Waals surface area contributed by atoms with E-state index in [1.165, 1.54) is 11.6 Å². The van der Waals surface area contributed by atoms with E-state index in [9.17, 15) is 10.2 Å². The van der Waals surface area contributed by atoms with E-state index in [1.807, 2.05) is 12.1 Å². The van der Waals surface area contributed by atoms with Crippen LogP contribution < -0.4 is 10.1 Å². The van der Waals surface area contributed by atoms with E-state index >= 15 is 0 Å². The number of allylic oxidation sites excluding steroid dienone is 2. The van der Waals surface area contributed by atoms with Gasteiger partial charge in [-0.25, -0.2) is 0 Å². The first-order chi connectivity index (χ1) is 12.7. The van der Waals surface area contributed by atoms with E-state index in [0.29, 0.717) is 11.8 Å². The molecule has 3 N–H and O–H groups in total. The topological polar surface area (TPSA) is 61.7 Å². The summed E-state index contributed by atoms with van der Waals surface area (Å²) in [6, 6.07) is 11.1. The number of fused-ring (bicyclic) bond motifs is 3. The van der Waals surface area contributed by atoms with Crippen LogP contribution in [0.15, 0.2) is 48.6 Å². The normalized spacial score (nSPS) is 23.2. The third kappa shape index (κ3) is 3.00. The van der Waals surface area contributed by atoms with Crippen molar-refractivity contribution >= 4 is 5.69 Å². The molecule has 0 saturated heterocycles. The molecule has 0 bridgehead atoms. The second-order valence-electron chi connectivity index (χ2n) is 7.17. The summed E-state index contributed by atoms with van der Waals surface area (Å²) in [6.45, 7) is 2.91. The van der Waals surface area contributed by atoms with Gasteiger partial charge < -0.3 is 20.3 Å². The van der Waals surface area contributed by atoms with Crippen LogP contribution in [-0.4, -0.2) is 16.8 Å². The molecule has 2 aromatic rings. The molecule has 0 aromatic heterocycles. The standard InChI is InChI=1S/C22H25NO3/c1-2-3-11-26-15-8-10-20-19(13-15)16-5-4-6-17(16)22(23-20)18-9-7-14(24)12-21(18)25/h4-5,7-10,12-13,16-17,22-25H,2-3,6,11H2,1H3. The number of ether oxygens (including phenoxy) is 1. The Balaban J connectivity index is 1.66. The van der Waals surface area contributed by atoms with Crippen LogP contribution in [0.3, 0.4) is 0 Å². The van der Waals surface area contributed by atoms with E-state index < -0.39 is 0 Å². The number of rotatable bonds is 5. The molecule has 2 aromatic carbocycles. The predicted octanol–water partition coefficient (Wildman–Crippen LogP) is 5.10. The molecule has 136 valence electrons. The monoisotopic (exact) mass is 351 g/mol. The van der Waals surface area contributed by atoms with Crippen molar-refractivity contribution in [3.8, 4) is 17.2 Å². The minimum absolute atomic E-state index is 0.00922. The van der Waals surface area contributed by atoms with Crippen molar-refractivity contribution in [3.63, 3.8) is 0 Å². The fourth-order valence-corrected chi connectivity index (χ4v) is 4.10. The number of anilines is 1. The summed E-state index contributed by atoms with van der Waals surface area (Å²) in [5.74, 6) is 1.78. The molecule has 26 heavy (non-hydrogen) atoms. The summed E-state index contributed by atoms with van der Waals surface area (Å²) in [6.07, 6.45) is 7.63. The van der Waals surface area contributed by atoms with E-state index in [4.69, 9.17) is 4.74 Å². The van der Waals surface area contributed by atoms with Gasteiger partial charge in [0.15, 0.2) is 0 Å². The molecule has 0 radical (unpaired) electrons. The average Bonchev–Trinajstić information content (AvgIpc) is 3.12. The highest BCUT2D eigenvalue weighted by Gasteiger charge is 2.39. The molecule has 2 aliphatic rings. The number of nitrogens with one attached hydrogen (secondary N) is 1. The van der Waals surface area contributed by atoms with Gasteiger partial charge in [0.2, 0.25) is 0 Å². The lowest BCUT2D eigenvalue weighted by Gasteiger charge is -2.37. The van der Waals surface area contributed by atoms with Crippen LogP contribution in [-0.2, 0) is 0 Å². The first-order valence-electron chi connectivity index (χ1n) is 9.39. The zero-order chi connectivity index (χ0) is 18.1. The van der Waals surface area contributed by atoms with Crippen LogP contribution >= 0.6 is 0 Å². The lowest BCUT2D eigenvalue weighted by molar-refractivity contribution is 0.308. The molecule has 0 amide bonds. The number of unbranched alkanes of at least 4 members (excludes halogenated alkanes) is 1. The summed E-state index contributed by atoms with van der Waals surface area (Å²) in [5.41, 5.74) is 3.17.